The summed E-state index contributed by atoms with van der Waals surface area (Å²) >= 11 is 0. The number of amides is 4. The number of nitrogens with zero attached hydrogens (tertiary/aromatic N) is 3. The molecular weight excluding hydrogens is 542 g/mol. The number of fused-ring (bicyclic) bond motifs is 1. The Morgan fingerprint density at radius 3 is 2.02 bits per heavy atom. The van der Waals surface area contributed by atoms with Crippen molar-refractivity contribution >= 4 is 40.8 Å². The van der Waals surface area contributed by atoms with E-state index in [1.807, 2.05) is 32.0 Å². The second-order valence-electron chi connectivity index (χ2n) is 10.4. The van der Waals surface area contributed by atoms with Crippen molar-refractivity contribution in [1.29, 1.82) is 0 Å². The van der Waals surface area contributed by atoms with Crippen LogP contribution in [0.1, 0.15) is 51.4 Å². The smallest absolute Gasteiger partial charge is 0.408 e. The molecule has 0 bridgehead atoms. The minimum absolute atomic E-state index is 0.0273. The number of benzene rings is 2. The summed E-state index contributed by atoms with van der Waals surface area (Å²) in [5.74, 6) is -2.24. The van der Waals surface area contributed by atoms with E-state index in [0.717, 1.165) is 10.2 Å². The molecule has 0 aliphatic heterocycles. The summed E-state index contributed by atoms with van der Waals surface area (Å²) in [6.45, 7) is 8.25. The minimum atomic E-state index is -1.02. The molecule has 0 fully saturated rings. The maximum Gasteiger partial charge on any atom is 0.408 e. The fraction of sp³-hybridized carbons (Fsp3) is 0.414. The number of ether oxygens (including phenoxy) is 1. The van der Waals surface area contributed by atoms with Crippen molar-refractivity contribution in [2.75, 3.05) is 0 Å². The molecule has 13 nitrogen and oxygen atoms in total. The minimum Gasteiger partial charge on any atom is -0.445 e. The van der Waals surface area contributed by atoms with Gasteiger partial charge in [-0.05, 0) is 50.8 Å². The number of para-hydroxylation sites is 1. The number of carbonyl (C=O) groups excluding carboxylic acids is 5. The van der Waals surface area contributed by atoms with Crippen LogP contribution in [0.15, 0.2) is 54.6 Å². The summed E-state index contributed by atoms with van der Waals surface area (Å²) in [7, 11) is 0. The summed E-state index contributed by atoms with van der Waals surface area (Å²) in [5.41, 5.74) is 1.84. The molecule has 13 heteroatoms. The molecule has 4 atom stereocenters. The van der Waals surface area contributed by atoms with Crippen molar-refractivity contribution in [3.05, 3.63) is 60.2 Å². The molecule has 1 aromatic heterocycles. The predicted octanol–water partition coefficient (Wildman–Crippen LogP) is 1.93. The molecule has 2 aromatic carbocycles. The first-order valence-electron chi connectivity index (χ1n) is 13.7. The van der Waals surface area contributed by atoms with Gasteiger partial charge in [-0.25, -0.2) is 4.79 Å². The third-order valence-electron chi connectivity index (χ3n) is 6.32. The Hall–Kier alpha value is -4.81. The van der Waals surface area contributed by atoms with E-state index in [-0.39, 0.29) is 18.9 Å². The molecule has 4 N–H and O–H groups in total. The fourth-order valence-corrected chi connectivity index (χ4v) is 4.00. The quantitative estimate of drug-likeness (QED) is 0.252. The molecule has 3 aromatic rings. The van der Waals surface area contributed by atoms with Gasteiger partial charge < -0.3 is 26.0 Å². The molecular formula is C29H37N7O6. The van der Waals surface area contributed by atoms with Gasteiger partial charge in [0.05, 0.1) is 5.52 Å². The van der Waals surface area contributed by atoms with Gasteiger partial charge in [0.1, 0.15) is 36.3 Å². The number of alkyl carbamates (subject to hydrolysis) is 1. The number of aromatic nitrogens is 3. The molecule has 0 radical (unpaired) electrons. The normalized spacial score (nSPS) is 13.9. The van der Waals surface area contributed by atoms with Crippen molar-refractivity contribution < 1.29 is 28.7 Å². The van der Waals surface area contributed by atoms with Gasteiger partial charge in [0.2, 0.25) is 17.7 Å². The lowest BCUT2D eigenvalue weighted by Crippen LogP contribution is -2.56. The molecule has 0 aliphatic carbocycles. The Labute approximate surface area is 243 Å². The average Bonchev–Trinajstić information content (AvgIpc) is 3.39. The highest BCUT2D eigenvalue weighted by Crippen LogP contribution is 2.11. The third-order valence-corrected chi connectivity index (χ3v) is 6.32. The van der Waals surface area contributed by atoms with E-state index < -0.39 is 53.9 Å². The average molecular weight is 580 g/mol. The maximum absolute atomic E-state index is 13.1. The number of nitrogens with one attached hydrogen (secondary N) is 4. The highest BCUT2D eigenvalue weighted by atomic mass is 16.5. The Bertz CT molecular complexity index is 1410. The maximum atomic E-state index is 13.1. The van der Waals surface area contributed by atoms with E-state index in [4.69, 9.17) is 4.74 Å². The largest absolute Gasteiger partial charge is 0.445 e. The zero-order valence-electron chi connectivity index (χ0n) is 24.3. The third kappa shape index (κ3) is 8.85. The Kier molecular flexibility index (Phi) is 11.1. The van der Waals surface area contributed by atoms with Crippen LogP contribution in [0, 0.1) is 5.92 Å². The SMILES string of the molecule is CC(C)C[C@H](NC(=O)[C@H](C)NC(=O)OCc1ccccc1)C(=O)N[C@@H](C)C(=O)N[C@@H](C)C(=O)n1nnc2ccccc21. The van der Waals surface area contributed by atoms with Crippen molar-refractivity contribution in [2.45, 2.75) is 71.8 Å². The van der Waals surface area contributed by atoms with E-state index in [0.29, 0.717) is 11.0 Å². The van der Waals surface area contributed by atoms with Crippen LogP contribution in [0.2, 0.25) is 0 Å². The molecule has 0 unspecified atom stereocenters. The van der Waals surface area contributed by atoms with E-state index >= 15 is 0 Å². The van der Waals surface area contributed by atoms with Gasteiger partial charge in [-0.15, -0.1) is 5.10 Å². The summed E-state index contributed by atoms with van der Waals surface area (Å²) in [5, 5.41) is 18.1. The van der Waals surface area contributed by atoms with Crippen molar-refractivity contribution in [3.63, 3.8) is 0 Å². The topological polar surface area (TPSA) is 173 Å². The molecule has 42 heavy (non-hydrogen) atoms. The summed E-state index contributed by atoms with van der Waals surface area (Å²) in [6, 6.07) is 12.1. The number of hydrogen-bond donors (Lipinski definition) is 4. The Morgan fingerprint density at radius 2 is 1.33 bits per heavy atom. The first-order valence-corrected chi connectivity index (χ1v) is 13.7. The van der Waals surface area contributed by atoms with Gasteiger partial charge in [-0.1, -0.05) is 61.5 Å². The zero-order valence-corrected chi connectivity index (χ0v) is 24.3. The van der Waals surface area contributed by atoms with Crippen LogP contribution >= 0.6 is 0 Å². The van der Waals surface area contributed by atoms with Gasteiger partial charge in [-0.3, -0.25) is 19.2 Å². The second kappa shape index (κ2) is 14.7. The van der Waals surface area contributed by atoms with Gasteiger partial charge in [0.15, 0.2) is 0 Å². The lowest BCUT2D eigenvalue weighted by Gasteiger charge is -2.24. The molecule has 224 valence electrons. The summed E-state index contributed by atoms with van der Waals surface area (Å²) < 4.78 is 6.27. The lowest BCUT2D eigenvalue weighted by molar-refractivity contribution is -0.132. The van der Waals surface area contributed by atoms with E-state index in [9.17, 15) is 24.0 Å². The molecule has 3 rings (SSSR count). The Balaban J connectivity index is 1.52. The van der Waals surface area contributed by atoms with E-state index in [1.54, 1.807) is 36.4 Å². The van der Waals surface area contributed by atoms with Crippen LogP contribution in [0.3, 0.4) is 0 Å². The van der Waals surface area contributed by atoms with Crippen LogP contribution in [0.4, 0.5) is 4.79 Å². The number of hydrogen-bond acceptors (Lipinski definition) is 8. The number of rotatable bonds is 12. The molecule has 4 amide bonds. The van der Waals surface area contributed by atoms with E-state index in [1.165, 1.54) is 20.8 Å². The molecule has 1 heterocycles. The highest BCUT2D eigenvalue weighted by molar-refractivity contribution is 5.96. The zero-order chi connectivity index (χ0) is 30.8. The van der Waals surface area contributed by atoms with Gasteiger partial charge >= 0.3 is 6.09 Å². The van der Waals surface area contributed by atoms with Crippen LogP contribution in [0.25, 0.3) is 11.0 Å². The van der Waals surface area contributed by atoms with Gasteiger partial charge in [0, 0.05) is 0 Å². The van der Waals surface area contributed by atoms with Crippen molar-refractivity contribution in [3.8, 4) is 0 Å². The van der Waals surface area contributed by atoms with Crippen LogP contribution in [-0.2, 0) is 25.7 Å². The van der Waals surface area contributed by atoms with Crippen LogP contribution < -0.4 is 21.3 Å². The fourth-order valence-electron chi connectivity index (χ4n) is 4.00. The van der Waals surface area contributed by atoms with Crippen LogP contribution in [-0.4, -0.2) is 68.9 Å². The van der Waals surface area contributed by atoms with Crippen molar-refractivity contribution in [1.82, 2.24) is 36.3 Å². The van der Waals surface area contributed by atoms with Crippen LogP contribution in [0.5, 0.6) is 0 Å². The van der Waals surface area contributed by atoms with Crippen molar-refractivity contribution in [2.24, 2.45) is 5.92 Å². The standard InChI is InChI=1S/C29H37N7O6/c1-17(2)15-23(33-26(38)19(4)32-29(41)42-16-21-11-7-6-8-12-21)27(39)30-18(3)25(37)31-20(5)28(40)36-24-14-10-9-13-22(24)34-35-36/h6-14,17-20,23H,15-16H2,1-5H3,(H,30,39)(H,31,37)(H,32,41)(H,33,38)/t18-,19-,20-,23-/m0/s1. The van der Waals surface area contributed by atoms with Gasteiger partial charge in [-0.2, -0.15) is 4.68 Å². The predicted molar refractivity (Wildman–Crippen MR) is 154 cm³/mol. The van der Waals surface area contributed by atoms with Gasteiger partial charge in [0.25, 0.3) is 5.91 Å². The second-order valence-corrected chi connectivity index (χ2v) is 10.4. The number of carbonyl (C=O) groups is 5. The molecule has 0 aliphatic rings. The highest BCUT2D eigenvalue weighted by Gasteiger charge is 2.29. The first-order chi connectivity index (χ1) is 20.0. The summed E-state index contributed by atoms with van der Waals surface area (Å²) in [6.07, 6.45) is -0.495. The summed E-state index contributed by atoms with van der Waals surface area (Å²) in [4.78, 5) is 63.7. The lowest BCUT2D eigenvalue weighted by atomic mass is 10.0. The molecule has 0 saturated carbocycles. The van der Waals surface area contributed by atoms with E-state index in [2.05, 4.69) is 31.6 Å². The molecule has 0 saturated heterocycles. The molecule has 0 spiro atoms. The first kappa shape index (κ1) is 31.7. The monoisotopic (exact) mass is 579 g/mol. The Morgan fingerprint density at radius 1 is 0.738 bits per heavy atom.